The molecule has 0 bridgehead atoms. The topological polar surface area (TPSA) is 46.4 Å². The highest BCUT2D eigenvalue weighted by molar-refractivity contribution is 6.31. The summed E-state index contributed by atoms with van der Waals surface area (Å²) in [5.74, 6) is -0.160. The molecule has 0 N–H and O–H groups in total. The van der Waals surface area contributed by atoms with E-state index < -0.39 is 6.04 Å². The molecular weight excluding hydrogens is 300 g/mol. The van der Waals surface area contributed by atoms with Crippen LogP contribution in [0.1, 0.15) is 17.0 Å². The third-order valence-corrected chi connectivity index (χ3v) is 4.53. The van der Waals surface area contributed by atoms with E-state index in [1.807, 2.05) is 48.5 Å². The Labute approximate surface area is 134 Å². The van der Waals surface area contributed by atoms with Crippen molar-refractivity contribution in [2.45, 2.75) is 18.5 Å². The Balaban J connectivity index is 1.81. The summed E-state index contributed by atoms with van der Waals surface area (Å²) in [5.41, 5.74) is 2.05. The molecule has 1 aliphatic heterocycles. The van der Waals surface area contributed by atoms with Gasteiger partial charge in [0, 0.05) is 23.0 Å². The smallest absolute Gasteiger partial charge is 0.233 e. The highest BCUT2D eigenvalue weighted by Gasteiger charge is 2.42. The molecule has 1 fully saturated rings. The van der Waals surface area contributed by atoms with Crippen LogP contribution in [0.3, 0.4) is 0 Å². The van der Waals surface area contributed by atoms with Gasteiger partial charge in [-0.25, -0.2) is 0 Å². The number of rotatable bonds is 4. The second-order valence-electron chi connectivity index (χ2n) is 5.66. The van der Waals surface area contributed by atoms with Crippen molar-refractivity contribution in [1.82, 2.24) is 4.90 Å². The largest absolute Gasteiger partial charge is 0.292 e. The highest BCUT2D eigenvalue weighted by Crippen LogP contribution is 2.34. The van der Waals surface area contributed by atoms with E-state index in [0.717, 1.165) is 12.1 Å². The Morgan fingerprint density at radius 1 is 1.09 bits per heavy atom. The van der Waals surface area contributed by atoms with Gasteiger partial charge in [-0.15, -0.1) is 0 Å². The molecule has 3 rings (SSSR count). The van der Waals surface area contributed by atoms with Gasteiger partial charge in [-0.1, -0.05) is 60.1 Å². The zero-order valence-electron chi connectivity index (χ0n) is 12.1. The van der Waals surface area contributed by atoms with Crippen LogP contribution >= 0.6 is 11.6 Å². The first-order chi connectivity index (χ1) is 10.6. The number of nitrogens with zero attached hydrogens (tertiary/aromatic N) is 2. The Kier molecular flexibility index (Phi) is 4.41. The minimum atomic E-state index is -0.608. The minimum Gasteiger partial charge on any atom is -0.292 e. The van der Waals surface area contributed by atoms with Gasteiger partial charge in [0.1, 0.15) is 0 Å². The number of halogens is 1. The predicted molar refractivity (Wildman–Crippen MR) is 86.7 cm³/mol. The standard InChI is InChI=1S/C17H17ClN2O2/c18-16-9-5-4-8-14(16)15-11-19(12-17(15)20(21)22)10-13-6-2-1-3-7-13/h1-9,15,17H,10-12H2/t15-,17+/m1/s1. The molecule has 2 aromatic carbocycles. The van der Waals surface area contributed by atoms with Gasteiger partial charge in [0.2, 0.25) is 6.04 Å². The maximum atomic E-state index is 11.4. The van der Waals surface area contributed by atoms with E-state index in [2.05, 4.69) is 4.90 Å². The van der Waals surface area contributed by atoms with Gasteiger partial charge in [-0.05, 0) is 17.2 Å². The third-order valence-electron chi connectivity index (χ3n) is 4.19. The minimum absolute atomic E-state index is 0.160. The molecule has 1 aliphatic rings. The van der Waals surface area contributed by atoms with Crippen molar-refractivity contribution in [2.24, 2.45) is 0 Å². The van der Waals surface area contributed by atoms with E-state index in [9.17, 15) is 10.1 Å². The van der Waals surface area contributed by atoms with Crippen molar-refractivity contribution < 1.29 is 4.92 Å². The molecule has 1 saturated heterocycles. The quantitative estimate of drug-likeness (QED) is 0.639. The van der Waals surface area contributed by atoms with E-state index in [1.165, 1.54) is 5.56 Å². The average molecular weight is 317 g/mol. The van der Waals surface area contributed by atoms with Gasteiger partial charge in [0.15, 0.2) is 0 Å². The fourth-order valence-corrected chi connectivity index (χ4v) is 3.41. The third kappa shape index (κ3) is 3.13. The van der Waals surface area contributed by atoms with Gasteiger partial charge in [-0.3, -0.25) is 15.0 Å². The van der Waals surface area contributed by atoms with Crippen LogP contribution in [-0.2, 0) is 6.54 Å². The molecule has 4 nitrogen and oxygen atoms in total. The van der Waals surface area contributed by atoms with Crippen LogP contribution in [0.2, 0.25) is 5.02 Å². The van der Waals surface area contributed by atoms with Gasteiger partial charge in [0.05, 0.1) is 12.5 Å². The lowest BCUT2D eigenvalue weighted by Gasteiger charge is -2.15. The second-order valence-corrected chi connectivity index (χ2v) is 6.07. The van der Waals surface area contributed by atoms with E-state index in [4.69, 9.17) is 11.6 Å². The normalized spacial score (nSPS) is 21.9. The van der Waals surface area contributed by atoms with Gasteiger partial charge in [0.25, 0.3) is 0 Å². The van der Waals surface area contributed by atoms with Crippen LogP contribution in [0, 0.1) is 10.1 Å². The van der Waals surface area contributed by atoms with Gasteiger partial charge >= 0.3 is 0 Å². The maximum absolute atomic E-state index is 11.4. The summed E-state index contributed by atoms with van der Waals surface area (Å²) in [5, 5.41) is 12.0. The lowest BCUT2D eigenvalue weighted by molar-refractivity contribution is -0.521. The first-order valence-electron chi connectivity index (χ1n) is 7.29. The van der Waals surface area contributed by atoms with Crippen molar-refractivity contribution in [3.8, 4) is 0 Å². The molecule has 0 aromatic heterocycles. The van der Waals surface area contributed by atoms with Crippen LogP contribution in [0.4, 0.5) is 0 Å². The molecule has 1 heterocycles. The van der Waals surface area contributed by atoms with Crippen LogP contribution in [0.5, 0.6) is 0 Å². The predicted octanol–water partition coefficient (Wildman–Crippen LogP) is 3.58. The number of hydrogen-bond donors (Lipinski definition) is 0. The van der Waals surface area contributed by atoms with Crippen molar-refractivity contribution >= 4 is 11.6 Å². The summed E-state index contributed by atoms with van der Waals surface area (Å²) < 4.78 is 0. The summed E-state index contributed by atoms with van der Waals surface area (Å²) in [6.45, 7) is 1.84. The fourth-order valence-electron chi connectivity index (χ4n) is 3.13. The fraction of sp³-hybridized carbons (Fsp3) is 0.294. The van der Waals surface area contributed by atoms with E-state index in [-0.39, 0.29) is 10.8 Å². The molecule has 0 saturated carbocycles. The average Bonchev–Trinajstić information content (AvgIpc) is 2.92. The highest BCUT2D eigenvalue weighted by atomic mass is 35.5. The number of hydrogen-bond acceptors (Lipinski definition) is 3. The summed E-state index contributed by atoms with van der Waals surface area (Å²) in [6.07, 6.45) is 0. The lowest BCUT2D eigenvalue weighted by Crippen LogP contribution is -2.28. The lowest BCUT2D eigenvalue weighted by atomic mass is 9.95. The molecule has 0 unspecified atom stereocenters. The van der Waals surface area contributed by atoms with Crippen LogP contribution in [-0.4, -0.2) is 29.0 Å². The number of likely N-dealkylation sites (tertiary alicyclic amines) is 1. The first-order valence-corrected chi connectivity index (χ1v) is 7.67. The molecule has 114 valence electrons. The van der Waals surface area contributed by atoms with E-state index in [1.54, 1.807) is 6.07 Å². The molecule has 0 aliphatic carbocycles. The summed E-state index contributed by atoms with van der Waals surface area (Å²) in [6, 6.07) is 16.9. The monoisotopic (exact) mass is 316 g/mol. The summed E-state index contributed by atoms with van der Waals surface area (Å²) >= 11 is 6.24. The Hall–Kier alpha value is -1.91. The summed E-state index contributed by atoms with van der Waals surface area (Å²) in [4.78, 5) is 13.4. The zero-order chi connectivity index (χ0) is 15.5. The van der Waals surface area contributed by atoms with E-state index in [0.29, 0.717) is 18.1 Å². The van der Waals surface area contributed by atoms with Crippen LogP contribution in [0.25, 0.3) is 0 Å². The van der Waals surface area contributed by atoms with Crippen molar-refractivity contribution in [1.29, 1.82) is 0 Å². The van der Waals surface area contributed by atoms with Gasteiger partial charge in [-0.2, -0.15) is 0 Å². The molecule has 5 heteroatoms. The molecule has 0 amide bonds. The Morgan fingerprint density at radius 3 is 2.45 bits per heavy atom. The Morgan fingerprint density at radius 2 is 1.77 bits per heavy atom. The van der Waals surface area contributed by atoms with Crippen molar-refractivity contribution in [3.05, 3.63) is 80.9 Å². The Bertz CT molecular complexity index is 663. The SMILES string of the molecule is O=[N+]([O-])[C@H]1CN(Cc2ccccc2)C[C@@H]1c1ccccc1Cl. The van der Waals surface area contributed by atoms with Crippen LogP contribution < -0.4 is 0 Å². The first kappa shape index (κ1) is 15.0. The summed E-state index contributed by atoms with van der Waals surface area (Å²) in [7, 11) is 0. The molecule has 0 radical (unpaired) electrons. The molecule has 0 spiro atoms. The molecular formula is C17H17ClN2O2. The molecule has 22 heavy (non-hydrogen) atoms. The van der Waals surface area contributed by atoms with Crippen molar-refractivity contribution in [3.63, 3.8) is 0 Å². The number of nitro groups is 1. The zero-order valence-corrected chi connectivity index (χ0v) is 12.8. The molecule has 2 atom stereocenters. The molecule has 2 aromatic rings. The van der Waals surface area contributed by atoms with Gasteiger partial charge < -0.3 is 0 Å². The maximum Gasteiger partial charge on any atom is 0.233 e. The number of benzene rings is 2. The van der Waals surface area contributed by atoms with E-state index >= 15 is 0 Å². The second kappa shape index (κ2) is 6.46. The van der Waals surface area contributed by atoms with Crippen LogP contribution in [0.15, 0.2) is 54.6 Å². The van der Waals surface area contributed by atoms with Crippen molar-refractivity contribution in [2.75, 3.05) is 13.1 Å².